The van der Waals surface area contributed by atoms with E-state index in [0.29, 0.717) is 19.3 Å². The highest BCUT2D eigenvalue weighted by molar-refractivity contribution is 7.09. The molecule has 0 saturated carbocycles. The molecule has 1 aromatic heterocycles. The molecule has 3 heterocycles. The van der Waals surface area contributed by atoms with Crippen molar-refractivity contribution in [2.75, 3.05) is 0 Å². The number of esters is 1. The number of fused-ring (bicyclic) bond motifs is 1. The Bertz CT molecular complexity index is 1030. The third kappa shape index (κ3) is 7.51. The van der Waals surface area contributed by atoms with E-state index in [1.165, 1.54) is 0 Å². The molecule has 7 nitrogen and oxygen atoms in total. The number of aliphatic hydroxyl groups is 2. The number of aliphatic hydroxyl groups excluding tert-OH is 2. The molecule has 2 aliphatic heterocycles. The molecule has 0 amide bonds. The Hall–Kier alpha value is -2.05. The van der Waals surface area contributed by atoms with Gasteiger partial charge in [0, 0.05) is 24.1 Å². The number of aromatic nitrogens is 1. The zero-order valence-corrected chi connectivity index (χ0v) is 23.4. The van der Waals surface area contributed by atoms with Crippen molar-refractivity contribution in [1.82, 2.24) is 4.98 Å². The van der Waals surface area contributed by atoms with Gasteiger partial charge in [0.2, 0.25) is 0 Å². The van der Waals surface area contributed by atoms with E-state index in [4.69, 9.17) is 15.9 Å². The van der Waals surface area contributed by atoms with E-state index in [2.05, 4.69) is 17.8 Å². The highest BCUT2D eigenvalue weighted by Gasteiger charge is 2.52. The fraction of sp³-hybridized carbons (Fsp3) is 0.690. The van der Waals surface area contributed by atoms with Gasteiger partial charge in [0.25, 0.3) is 0 Å². The van der Waals surface area contributed by atoms with Crippen LogP contribution < -0.4 is 0 Å². The third-order valence-electron chi connectivity index (χ3n) is 7.98. The van der Waals surface area contributed by atoms with E-state index in [0.717, 1.165) is 30.0 Å². The van der Waals surface area contributed by atoms with Gasteiger partial charge in [0.1, 0.15) is 11.9 Å². The highest BCUT2D eigenvalue weighted by atomic mass is 32.1. The number of hydrogen-bond acceptors (Lipinski definition) is 8. The molecule has 204 valence electrons. The minimum absolute atomic E-state index is 0.0634. The van der Waals surface area contributed by atoms with Crippen molar-refractivity contribution in [2.45, 2.75) is 110 Å². The van der Waals surface area contributed by atoms with E-state index in [1.54, 1.807) is 25.2 Å². The largest absolute Gasteiger partial charge is 0.458 e. The smallest absolute Gasteiger partial charge is 0.309 e. The van der Waals surface area contributed by atoms with Crippen molar-refractivity contribution in [1.29, 1.82) is 0 Å². The Labute approximate surface area is 224 Å². The minimum atomic E-state index is -1.27. The number of Topliss-reactive ketones (excluding diaryl/α,β-unsaturated/α-hetero) is 1. The summed E-state index contributed by atoms with van der Waals surface area (Å²) in [5.74, 6) is 0.816. The third-order valence-corrected chi connectivity index (χ3v) is 8.77. The normalized spacial score (nSPS) is 35.5. The minimum Gasteiger partial charge on any atom is -0.458 e. The first-order chi connectivity index (χ1) is 17.4. The standard InChI is InChI=1S/C29H41NO6S/c1-7-8-11-22-26(33)18(2)10-9-14-29(6)24(36-29)15-21(13-12-20-17-37-19(3)30-20)35-25(32)16-23(31)28(4,5)27(22)34/h1,12-13,17-18,21-24,26,31,33H,8-11,14-16H2,2-6H3. The predicted octanol–water partition coefficient (Wildman–Crippen LogP) is 4.48. The number of ketones is 1. The summed E-state index contributed by atoms with van der Waals surface area (Å²) in [7, 11) is 0. The molecular formula is C29H41NO6S. The van der Waals surface area contributed by atoms with E-state index in [-0.39, 0.29) is 29.8 Å². The van der Waals surface area contributed by atoms with Gasteiger partial charge in [-0.1, -0.05) is 27.2 Å². The Morgan fingerprint density at radius 2 is 2.03 bits per heavy atom. The van der Waals surface area contributed by atoms with Crippen molar-refractivity contribution < 1.29 is 29.3 Å². The lowest BCUT2D eigenvalue weighted by Gasteiger charge is -2.36. The SMILES string of the molecule is C#CCCC1C(=O)C(C)(C)C(O)CC(=O)OC(C=Cc2csc(C)n2)CC2OC2(C)CCCC(C)C1O. The lowest BCUT2D eigenvalue weighted by atomic mass is 9.71. The summed E-state index contributed by atoms with van der Waals surface area (Å²) in [6.07, 6.45) is 9.52. The summed E-state index contributed by atoms with van der Waals surface area (Å²) in [4.78, 5) is 30.9. The fourth-order valence-electron chi connectivity index (χ4n) is 5.16. The molecule has 3 rings (SSSR count). The topological polar surface area (TPSA) is 109 Å². The molecule has 37 heavy (non-hydrogen) atoms. The van der Waals surface area contributed by atoms with Crippen LogP contribution in [0.1, 0.15) is 83.3 Å². The van der Waals surface area contributed by atoms with Gasteiger partial charge in [-0.05, 0) is 51.2 Å². The molecule has 2 fully saturated rings. The van der Waals surface area contributed by atoms with Crippen LogP contribution in [0.5, 0.6) is 0 Å². The quantitative estimate of drug-likeness (QED) is 0.335. The van der Waals surface area contributed by atoms with E-state index >= 15 is 0 Å². The van der Waals surface area contributed by atoms with Crippen molar-refractivity contribution >= 4 is 29.2 Å². The fourth-order valence-corrected chi connectivity index (χ4v) is 5.74. The lowest BCUT2D eigenvalue weighted by Crippen LogP contribution is -2.46. The average molecular weight is 532 g/mol. The van der Waals surface area contributed by atoms with E-state index in [9.17, 15) is 19.8 Å². The molecule has 2 aliphatic rings. The maximum Gasteiger partial charge on any atom is 0.309 e. The molecule has 0 aromatic carbocycles. The number of aryl methyl sites for hydroxylation is 1. The Balaban J connectivity index is 1.84. The van der Waals surface area contributed by atoms with Crippen LogP contribution >= 0.6 is 11.3 Å². The first-order valence-corrected chi connectivity index (χ1v) is 14.1. The second-order valence-electron chi connectivity index (χ2n) is 11.3. The molecular weight excluding hydrogens is 490 g/mol. The lowest BCUT2D eigenvalue weighted by molar-refractivity contribution is -0.154. The number of ether oxygens (including phenoxy) is 2. The Morgan fingerprint density at radius 1 is 1.30 bits per heavy atom. The monoisotopic (exact) mass is 531 g/mol. The van der Waals surface area contributed by atoms with E-state index < -0.39 is 35.6 Å². The van der Waals surface area contributed by atoms with Gasteiger partial charge in [-0.3, -0.25) is 9.59 Å². The summed E-state index contributed by atoms with van der Waals surface area (Å²) in [6.45, 7) is 9.16. The van der Waals surface area contributed by atoms with Crippen LogP contribution in [0.4, 0.5) is 0 Å². The maximum atomic E-state index is 13.6. The number of rotatable bonds is 4. The molecule has 7 atom stereocenters. The van der Waals surface area contributed by atoms with Crippen molar-refractivity contribution in [3.8, 4) is 12.3 Å². The van der Waals surface area contributed by atoms with Crippen LogP contribution in [-0.4, -0.2) is 57.0 Å². The van der Waals surface area contributed by atoms with Crippen molar-refractivity contribution in [2.24, 2.45) is 17.3 Å². The first kappa shape index (κ1) is 29.5. The van der Waals surface area contributed by atoms with Gasteiger partial charge >= 0.3 is 5.97 Å². The number of nitrogens with zero attached hydrogens (tertiary/aromatic N) is 1. The number of epoxide rings is 1. The summed E-state index contributed by atoms with van der Waals surface area (Å²) in [6, 6.07) is 0. The zero-order chi connectivity index (χ0) is 27.4. The Kier molecular flexibility index (Phi) is 9.73. The van der Waals surface area contributed by atoms with Crippen LogP contribution in [-0.2, 0) is 19.1 Å². The highest BCUT2D eigenvalue weighted by Crippen LogP contribution is 2.44. The maximum absolute atomic E-state index is 13.6. The average Bonchev–Trinajstić information content (AvgIpc) is 3.26. The second kappa shape index (κ2) is 12.2. The molecule has 7 unspecified atom stereocenters. The number of thiazole rings is 1. The molecule has 1 aromatic rings. The number of carbonyl (C=O) groups excluding carboxylic acids is 2. The Morgan fingerprint density at radius 3 is 2.68 bits per heavy atom. The van der Waals surface area contributed by atoms with Gasteiger partial charge in [-0.15, -0.1) is 23.7 Å². The summed E-state index contributed by atoms with van der Waals surface area (Å²) < 4.78 is 11.8. The first-order valence-electron chi connectivity index (χ1n) is 13.2. The molecule has 2 saturated heterocycles. The number of hydrogen-bond donors (Lipinski definition) is 2. The van der Waals surface area contributed by atoms with Gasteiger partial charge in [-0.25, -0.2) is 4.98 Å². The van der Waals surface area contributed by atoms with Gasteiger partial charge in [0.15, 0.2) is 0 Å². The molecule has 2 N–H and O–H groups in total. The molecule has 0 aliphatic carbocycles. The molecule has 0 spiro atoms. The van der Waals surface area contributed by atoms with Crippen molar-refractivity contribution in [3.05, 3.63) is 22.2 Å². The van der Waals surface area contributed by atoms with Crippen LogP contribution in [0.15, 0.2) is 11.5 Å². The molecule has 0 radical (unpaired) electrons. The van der Waals surface area contributed by atoms with E-state index in [1.807, 2.05) is 31.4 Å². The summed E-state index contributed by atoms with van der Waals surface area (Å²) >= 11 is 1.54. The zero-order valence-electron chi connectivity index (χ0n) is 22.6. The van der Waals surface area contributed by atoms with Gasteiger partial charge < -0.3 is 19.7 Å². The summed E-state index contributed by atoms with van der Waals surface area (Å²) in [5, 5.41) is 25.0. The number of cyclic esters (lactones) is 1. The van der Waals surface area contributed by atoms with Gasteiger partial charge in [0.05, 0.1) is 46.5 Å². The predicted molar refractivity (Wildman–Crippen MR) is 144 cm³/mol. The van der Waals surface area contributed by atoms with Crippen LogP contribution in [0, 0.1) is 36.5 Å². The second-order valence-corrected chi connectivity index (χ2v) is 12.4. The molecule has 8 heteroatoms. The van der Waals surface area contributed by atoms with Crippen LogP contribution in [0.3, 0.4) is 0 Å². The van der Waals surface area contributed by atoms with Gasteiger partial charge in [-0.2, -0.15) is 0 Å². The number of terminal acetylenes is 1. The molecule has 0 bridgehead atoms. The summed E-state index contributed by atoms with van der Waals surface area (Å²) in [5.41, 5.74) is -0.794. The van der Waals surface area contributed by atoms with Crippen LogP contribution in [0.2, 0.25) is 0 Å². The number of carbonyl (C=O) groups is 2. The van der Waals surface area contributed by atoms with Crippen molar-refractivity contribution in [3.63, 3.8) is 0 Å². The van der Waals surface area contributed by atoms with Crippen LogP contribution in [0.25, 0.3) is 6.08 Å².